The average molecular weight is 564 g/mol. The zero-order valence-corrected chi connectivity index (χ0v) is 22.0. The van der Waals surface area contributed by atoms with Crippen molar-refractivity contribution in [2.45, 2.75) is 38.3 Å². The van der Waals surface area contributed by atoms with Crippen molar-refractivity contribution in [3.63, 3.8) is 0 Å². The molecule has 208 valence electrons. The highest BCUT2D eigenvalue weighted by Gasteiger charge is 2.27. The molecule has 1 aromatic carbocycles. The lowest BCUT2D eigenvalue weighted by molar-refractivity contribution is 0.140. The first-order valence-electron chi connectivity index (χ1n) is 12.2. The quantitative estimate of drug-likeness (QED) is 0.206. The maximum atomic E-state index is 15.2. The van der Waals surface area contributed by atoms with E-state index in [9.17, 15) is 8.96 Å². The number of ether oxygens (including phenoxy) is 1. The van der Waals surface area contributed by atoms with Crippen LogP contribution in [0.1, 0.15) is 38.1 Å². The van der Waals surface area contributed by atoms with Gasteiger partial charge in [-0.1, -0.05) is 6.42 Å². The molecule has 3 aromatic heterocycles. The van der Waals surface area contributed by atoms with Crippen molar-refractivity contribution in [1.29, 1.82) is 0 Å². The van der Waals surface area contributed by atoms with E-state index < -0.39 is 25.6 Å². The minimum Gasteiger partial charge on any atom is -0.421 e. The van der Waals surface area contributed by atoms with Gasteiger partial charge in [-0.15, -0.1) is 0 Å². The lowest BCUT2D eigenvalue weighted by Gasteiger charge is -2.24. The number of hydrogen-bond acceptors (Lipinski definition) is 10. The van der Waals surface area contributed by atoms with Crippen molar-refractivity contribution >= 4 is 41.3 Å². The fourth-order valence-electron chi connectivity index (χ4n) is 4.64. The maximum absolute atomic E-state index is 15.2. The molecule has 1 fully saturated rings. The first-order chi connectivity index (χ1) is 18.5. The van der Waals surface area contributed by atoms with Gasteiger partial charge in [-0.2, -0.15) is 9.97 Å². The van der Waals surface area contributed by atoms with Gasteiger partial charge in [-0.25, -0.2) is 23.3 Å². The van der Waals surface area contributed by atoms with Crippen LogP contribution in [0.4, 0.5) is 20.3 Å². The third-order valence-electron chi connectivity index (χ3n) is 6.38. The third kappa shape index (κ3) is 5.63. The third-order valence-corrected chi connectivity index (χ3v) is 6.97. The van der Waals surface area contributed by atoms with Crippen LogP contribution in [0.25, 0.3) is 21.9 Å². The summed E-state index contributed by atoms with van der Waals surface area (Å²) in [6.07, 6.45) is 4.05. The summed E-state index contributed by atoms with van der Waals surface area (Å²) in [6.45, 7) is 2.43. The van der Waals surface area contributed by atoms with Crippen LogP contribution in [0.2, 0.25) is 0 Å². The number of anilines is 2. The molecule has 13 nitrogen and oxygen atoms in total. The molecular formula is C23H27F2N8O5P. The summed E-state index contributed by atoms with van der Waals surface area (Å²) in [5.74, 6) is -1.55. The first kappa shape index (κ1) is 27.1. The number of halogens is 2. The summed E-state index contributed by atoms with van der Waals surface area (Å²) in [7, 11) is -3.13. The smallest absolute Gasteiger partial charge is 0.421 e. The summed E-state index contributed by atoms with van der Waals surface area (Å²) in [6, 6.07) is 0.819. The van der Waals surface area contributed by atoms with E-state index in [0.717, 1.165) is 25.3 Å². The number of rotatable bonds is 7. The second-order valence-electron chi connectivity index (χ2n) is 9.22. The van der Waals surface area contributed by atoms with Crippen LogP contribution in [0, 0.1) is 11.6 Å². The largest absolute Gasteiger partial charge is 0.470 e. The van der Waals surface area contributed by atoms with Crippen LogP contribution in [0.15, 0.2) is 18.5 Å². The minimum atomic E-state index is -4.73. The maximum Gasteiger partial charge on any atom is 0.470 e. The topological polar surface area (TPSA) is 185 Å². The van der Waals surface area contributed by atoms with Gasteiger partial charge in [0.05, 0.1) is 34.4 Å². The molecule has 2 atom stereocenters. The second kappa shape index (κ2) is 10.6. The number of fused-ring (bicyclic) bond motifs is 3. The van der Waals surface area contributed by atoms with Crippen LogP contribution in [0.3, 0.4) is 0 Å². The predicted octanol–water partition coefficient (Wildman–Crippen LogP) is 3.50. The van der Waals surface area contributed by atoms with Crippen molar-refractivity contribution in [3.8, 4) is 11.8 Å². The molecule has 6 N–H and O–H groups in total. The number of nitrogens with zero attached hydrogens (tertiary/aromatic N) is 5. The molecule has 0 bridgehead atoms. The van der Waals surface area contributed by atoms with Gasteiger partial charge in [0.25, 0.3) is 0 Å². The second-order valence-corrected chi connectivity index (χ2v) is 10.4. The highest BCUT2D eigenvalue weighted by molar-refractivity contribution is 7.46. The molecule has 1 aliphatic rings. The highest BCUT2D eigenvalue weighted by Crippen LogP contribution is 2.42. The Morgan fingerprint density at radius 1 is 1.23 bits per heavy atom. The van der Waals surface area contributed by atoms with Crippen LogP contribution in [-0.4, -0.2) is 60.9 Å². The Morgan fingerprint density at radius 2 is 1.97 bits per heavy atom. The van der Waals surface area contributed by atoms with Gasteiger partial charge in [0.2, 0.25) is 0 Å². The number of aromatic nitrogens is 5. The van der Waals surface area contributed by atoms with Crippen LogP contribution in [0.5, 0.6) is 11.8 Å². The fourth-order valence-corrected chi connectivity index (χ4v) is 5.15. The molecule has 39 heavy (non-hydrogen) atoms. The standard InChI is InChI=1S/C23H27F2N8O5P/c1-11(38-39(34,35)36)20-28-8-13(9-29-20)37-23-31-21-17(22(32-23)33-6-4-3-5-12(26)10-33)16-18(25)14(24)7-15(27-2)19(16)30-21/h7-9,11-12,27H,3-6,10,26H2,1-2H3,(H,30,31,32)(H2,34,35,36)/t11-,12-/m0/s1. The van der Waals surface area contributed by atoms with Crippen LogP contribution >= 0.6 is 7.82 Å². The lowest BCUT2D eigenvalue weighted by atomic mass is 10.1. The number of phosphoric ester groups is 1. The van der Waals surface area contributed by atoms with Gasteiger partial charge in [0.15, 0.2) is 23.2 Å². The molecule has 0 radical (unpaired) electrons. The molecular weight excluding hydrogens is 537 g/mol. The molecule has 4 aromatic rings. The molecule has 4 heterocycles. The number of nitrogens with one attached hydrogen (secondary N) is 2. The van der Waals surface area contributed by atoms with E-state index in [-0.39, 0.29) is 34.7 Å². The van der Waals surface area contributed by atoms with E-state index in [4.69, 9.17) is 20.3 Å². The Morgan fingerprint density at radius 3 is 2.67 bits per heavy atom. The summed E-state index contributed by atoms with van der Waals surface area (Å²) >= 11 is 0. The Balaban J connectivity index is 1.59. The Kier molecular flexibility index (Phi) is 7.35. The number of hydrogen-bond donors (Lipinski definition) is 5. The van der Waals surface area contributed by atoms with Crippen LogP contribution in [-0.2, 0) is 9.09 Å². The highest BCUT2D eigenvalue weighted by atomic mass is 31.2. The number of aromatic amines is 1. The Bertz CT molecular complexity index is 1560. The predicted molar refractivity (Wildman–Crippen MR) is 139 cm³/mol. The lowest BCUT2D eigenvalue weighted by Crippen LogP contribution is -2.36. The minimum absolute atomic E-state index is 0.0143. The molecule has 0 amide bonds. The molecule has 0 saturated carbocycles. The molecule has 5 rings (SSSR count). The van der Waals surface area contributed by atoms with Crippen molar-refractivity contribution < 1.29 is 32.4 Å². The van der Waals surface area contributed by atoms with Gasteiger partial charge in [0, 0.05) is 32.2 Å². The number of H-pyrrole nitrogens is 1. The van der Waals surface area contributed by atoms with Crippen molar-refractivity contribution in [1.82, 2.24) is 24.9 Å². The van der Waals surface area contributed by atoms with Gasteiger partial charge in [0.1, 0.15) is 17.6 Å². The summed E-state index contributed by atoms with van der Waals surface area (Å²) in [4.78, 5) is 40.1. The normalized spacial score (nSPS) is 17.4. The molecule has 1 saturated heterocycles. The van der Waals surface area contributed by atoms with Crippen LogP contribution < -0.4 is 20.7 Å². The van der Waals surface area contributed by atoms with E-state index in [1.807, 2.05) is 4.90 Å². The van der Waals surface area contributed by atoms with E-state index in [2.05, 4.69) is 34.8 Å². The number of nitrogens with two attached hydrogens (primary N) is 1. The van der Waals surface area contributed by atoms with E-state index in [1.54, 1.807) is 7.05 Å². The summed E-state index contributed by atoms with van der Waals surface area (Å²) in [5.41, 5.74) is 7.19. The van der Waals surface area contributed by atoms with Crippen molar-refractivity contribution in [3.05, 3.63) is 35.9 Å². The number of benzene rings is 1. The Hall–Kier alpha value is -3.49. The molecule has 0 spiro atoms. The van der Waals surface area contributed by atoms with Gasteiger partial charge >= 0.3 is 13.8 Å². The van der Waals surface area contributed by atoms with E-state index >= 15 is 4.39 Å². The SMILES string of the molecule is CNc1cc(F)c(F)c2c1[nH]c1nc(Oc3cnc([C@H](C)OP(=O)(O)O)nc3)nc(N3CCCC[C@H](N)C3)c12. The van der Waals surface area contributed by atoms with Gasteiger partial charge in [-0.05, 0) is 19.8 Å². The summed E-state index contributed by atoms with van der Waals surface area (Å²) < 4.78 is 51.3. The molecule has 1 aliphatic heterocycles. The fraction of sp³-hybridized carbons (Fsp3) is 0.391. The Labute approximate surface area is 221 Å². The molecule has 0 unspecified atom stereocenters. The monoisotopic (exact) mass is 564 g/mol. The first-order valence-corrected chi connectivity index (χ1v) is 13.7. The average Bonchev–Trinajstić information content (AvgIpc) is 3.13. The zero-order chi connectivity index (χ0) is 27.9. The zero-order valence-electron chi connectivity index (χ0n) is 21.1. The van der Waals surface area contributed by atoms with E-state index in [1.165, 1.54) is 19.3 Å². The van der Waals surface area contributed by atoms with Crippen molar-refractivity contribution in [2.24, 2.45) is 5.73 Å². The molecule has 16 heteroatoms. The van der Waals surface area contributed by atoms with Gasteiger partial charge in [-0.3, -0.25) is 4.52 Å². The molecule has 0 aliphatic carbocycles. The van der Waals surface area contributed by atoms with E-state index in [0.29, 0.717) is 35.5 Å². The summed E-state index contributed by atoms with van der Waals surface area (Å²) in [5, 5.41) is 3.19. The van der Waals surface area contributed by atoms with Gasteiger partial charge < -0.3 is 35.5 Å². The number of phosphoric acid groups is 1. The van der Waals surface area contributed by atoms with Crippen molar-refractivity contribution in [2.75, 3.05) is 30.4 Å².